The van der Waals surface area contributed by atoms with Crippen LogP contribution in [0.4, 0.5) is 0 Å². The van der Waals surface area contributed by atoms with Crippen LogP contribution in [0.15, 0.2) is 186 Å². The van der Waals surface area contributed by atoms with Gasteiger partial charge in [-0.25, -0.2) is 9.97 Å². The molecule has 12 aromatic rings. The van der Waals surface area contributed by atoms with Crippen molar-refractivity contribution in [3.8, 4) is 34.0 Å². The molecule has 12 rings (SSSR count). The molecule has 5 nitrogen and oxygen atoms in total. The van der Waals surface area contributed by atoms with Gasteiger partial charge in [0.15, 0.2) is 0 Å². The van der Waals surface area contributed by atoms with Gasteiger partial charge in [-0.05, 0) is 65.7 Å². The topological polar surface area (TPSA) is 48.8 Å². The van der Waals surface area contributed by atoms with E-state index in [2.05, 4.69) is 173 Å². The average Bonchev–Trinajstić information content (AvgIpc) is 3.91. The number of hydrogen-bond acceptors (Lipinski definition) is 3. The Morgan fingerprint density at radius 1 is 0.382 bits per heavy atom. The Kier molecular flexibility index (Phi) is 6.27. The van der Waals surface area contributed by atoms with Gasteiger partial charge in [-0.3, -0.25) is 4.57 Å². The van der Waals surface area contributed by atoms with Crippen molar-refractivity contribution in [2.24, 2.45) is 0 Å². The van der Waals surface area contributed by atoms with Gasteiger partial charge in [0.05, 0.1) is 38.7 Å². The molecule has 0 unspecified atom stereocenters. The zero-order chi connectivity index (χ0) is 36.0. The van der Waals surface area contributed by atoms with Crippen LogP contribution >= 0.6 is 0 Å². The van der Waals surface area contributed by atoms with Gasteiger partial charge < -0.3 is 8.98 Å². The molecule has 0 radical (unpaired) electrons. The Morgan fingerprint density at radius 2 is 1.02 bits per heavy atom. The summed E-state index contributed by atoms with van der Waals surface area (Å²) < 4.78 is 11.5. The molecule has 0 amide bonds. The van der Waals surface area contributed by atoms with Crippen LogP contribution in [0.25, 0.3) is 110 Å². The van der Waals surface area contributed by atoms with Gasteiger partial charge in [0.1, 0.15) is 11.2 Å². The summed E-state index contributed by atoms with van der Waals surface area (Å²) in [5.41, 5.74) is 12.3. The molecule has 0 aliphatic rings. The van der Waals surface area contributed by atoms with Gasteiger partial charge in [-0.1, -0.05) is 127 Å². The lowest BCUT2D eigenvalue weighted by Crippen LogP contribution is -2.03. The number of aromatic nitrogens is 4. The lowest BCUT2D eigenvalue weighted by atomic mass is 10.0. The molecule has 55 heavy (non-hydrogen) atoms. The molecule has 0 spiro atoms. The fourth-order valence-electron chi connectivity index (χ4n) is 8.75. The molecule has 8 aromatic carbocycles. The summed E-state index contributed by atoms with van der Waals surface area (Å²) in [6, 6.07) is 64.1. The molecular weight excluding hydrogens is 673 g/mol. The Hall–Kier alpha value is -7.50. The van der Waals surface area contributed by atoms with Gasteiger partial charge in [-0.15, -0.1) is 0 Å². The third kappa shape index (κ3) is 4.35. The van der Waals surface area contributed by atoms with E-state index in [0.717, 1.165) is 82.6 Å². The number of para-hydroxylation sites is 3. The predicted octanol–water partition coefficient (Wildman–Crippen LogP) is 13.1. The molecule has 0 aliphatic carbocycles. The van der Waals surface area contributed by atoms with E-state index in [4.69, 9.17) is 14.4 Å². The van der Waals surface area contributed by atoms with E-state index in [-0.39, 0.29) is 0 Å². The molecule has 0 saturated carbocycles. The van der Waals surface area contributed by atoms with Gasteiger partial charge in [-0.2, -0.15) is 0 Å². The SMILES string of the molecule is c1ccc(-c2cccc(-n3c4ccccc4c4c5c6c7oc8ccccc8c7ccc6n(-c6nc(-c7ccccc7)c7ccccc7n6)c5ccc43)c2)cc1. The summed E-state index contributed by atoms with van der Waals surface area (Å²) in [6.07, 6.45) is 0. The minimum atomic E-state index is 0.617. The van der Waals surface area contributed by atoms with Crippen LogP contribution in [-0.4, -0.2) is 19.1 Å². The van der Waals surface area contributed by atoms with E-state index in [0.29, 0.717) is 5.95 Å². The highest BCUT2D eigenvalue weighted by Crippen LogP contribution is 2.46. The first-order valence-electron chi connectivity index (χ1n) is 18.6. The van der Waals surface area contributed by atoms with Crippen LogP contribution in [0.3, 0.4) is 0 Å². The van der Waals surface area contributed by atoms with Crippen molar-refractivity contribution in [2.45, 2.75) is 0 Å². The molecule has 0 fully saturated rings. The van der Waals surface area contributed by atoms with Crippen molar-refractivity contribution in [3.05, 3.63) is 182 Å². The number of hydrogen-bond donors (Lipinski definition) is 0. The zero-order valence-electron chi connectivity index (χ0n) is 29.5. The molecule has 0 bridgehead atoms. The molecule has 256 valence electrons. The van der Waals surface area contributed by atoms with E-state index in [1.165, 1.54) is 21.9 Å². The smallest absolute Gasteiger partial charge is 0.235 e. The maximum absolute atomic E-state index is 6.84. The molecular formula is C50H30N4O. The van der Waals surface area contributed by atoms with Gasteiger partial charge in [0.25, 0.3) is 0 Å². The van der Waals surface area contributed by atoms with Crippen LogP contribution in [0, 0.1) is 0 Å². The van der Waals surface area contributed by atoms with Crippen molar-refractivity contribution < 1.29 is 4.42 Å². The second kappa shape index (κ2) is 11.5. The van der Waals surface area contributed by atoms with Crippen molar-refractivity contribution in [2.75, 3.05) is 0 Å². The number of benzene rings is 8. The van der Waals surface area contributed by atoms with E-state index in [1.54, 1.807) is 0 Å². The first kappa shape index (κ1) is 30.0. The standard InChI is InChI=1S/C50H30N4O/c1-3-14-31(15-4-1)33-18-13-19-34(30-33)53-40-24-11-8-22-38(40)45-41(53)28-29-42-46(45)47-43(27-26-36-35-20-9-12-25-44(35)55-49(36)47)54(42)50-51-39-23-10-7-21-37(39)48(52-50)32-16-5-2-6-17-32/h1-30H. The summed E-state index contributed by atoms with van der Waals surface area (Å²) in [7, 11) is 0. The third-order valence-corrected chi connectivity index (χ3v) is 11.1. The maximum Gasteiger partial charge on any atom is 0.235 e. The largest absolute Gasteiger partial charge is 0.455 e. The Morgan fingerprint density at radius 3 is 1.85 bits per heavy atom. The predicted molar refractivity (Wildman–Crippen MR) is 226 cm³/mol. The fourth-order valence-corrected chi connectivity index (χ4v) is 8.75. The molecule has 4 aromatic heterocycles. The minimum Gasteiger partial charge on any atom is -0.455 e. The Balaban J connectivity index is 1.25. The number of furan rings is 1. The van der Waals surface area contributed by atoms with E-state index < -0.39 is 0 Å². The average molecular weight is 703 g/mol. The molecule has 0 aliphatic heterocycles. The first-order valence-corrected chi connectivity index (χ1v) is 18.6. The zero-order valence-corrected chi connectivity index (χ0v) is 29.5. The summed E-state index contributed by atoms with van der Waals surface area (Å²) in [6.45, 7) is 0. The van der Waals surface area contributed by atoms with Crippen molar-refractivity contribution in [1.29, 1.82) is 0 Å². The lowest BCUT2D eigenvalue weighted by molar-refractivity contribution is 0.673. The van der Waals surface area contributed by atoms with Crippen LogP contribution in [0.5, 0.6) is 0 Å². The molecule has 0 saturated heterocycles. The summed E-state index contributed by atoms with van der Waals surface area (Å²) in [4.78, 5) is 10.7. The first-order chi connectivity index (χ1) is 27.3. The van der Waals surface area contributed by atoms with E-state index in [9.17, 15) is 0 Å². The number of fused-ring (bicyclic) bond motifs is 12. The van der Waals surface area contributed by atoms with Crippen molar-refractivity contribution in [1.82, 2.24) is 19.1 Å². The normalized spacial score (nSPS) is 12.0. The summed E-state index contributed by atoms with van der Waals surface area (Å²) in [5, 5.41) is 7.70. The quantitative estimate of drug-likeness (QED) is 0.183. The van der Waals surface area contributed by atoms with Crippen molar-refractivity contribution in [3.63, 3.8) is 0 Å². The number of nitrogens with zero attached hydrogens (tertiary/aromatic N) is 4. The lowest BCUT2D eigenvalue weighted by Gasteiger charge is -2.12. The maximum atomic E-state index is 6.84. The summed E-state index contributed by atoms with van der Waals surface area (Å²) >= 11 is 0. The third-order valence-electron chi connectivity index (χ3n) is 11.1. The highest BCUT2D eigenvalue weighted by molar-refractivity contribution is 6.34. The highest BCUT2D eigenvalue weighted by Gasteiger charge is 2.25. The monoisotopic (exact) mass is 702 g/mol. The molecule has 0 N–H and O–H groups in total. The molecule has 5 heteroatoms. The van der Waals surface area contributed by atoms with Crippen LogP contribution in [0.1, 0.15) is 0 Å². The van der Waals surface area contributed by atoms with Crippen molar-refractivity contribution >= 4 is 76.5 Å². The van der Waals surface area contributed by atoms with Gasteiger partial charge >= 0.3 is 0 Å². The van der Waals surface area contributed by atoms with Crippen LogP contribution in [0.2, 0.25) is 0 Å². The van der Waals surface area contributed by atoms with Crippen LogP contribution in [-0.2, 0) is 0 Å². The second-order valence-electron chi connectivity index (χ2n) is 14.1. The molecule has 0 atom stereocenters. The second-order valence-corrected chi connectivity index (χ2v) is 14.1. The Bertz CT molecular complexity index is 3480. The van der Waals surface area contributed by atoms with Gasteiger partial charge in [0, 0.05) is 43.6 Å². The fraction of sp³-hybridized carbons (Fsp3) is 0. The highest BCUT2D eigenvalue weighted by atomic mass is 16.3. The minimum absolute atomic E-state index is 0.617. The van der Waals surface area contributed by atoms with Gasteiger partial charge in [0.2, 0.25) is 5.95 Å². The summed E-state index contributed by atoms with van der Waals surface area (Å²) in [5.74, 6) is 0.617. The number of rotatable bonds is 4. The molecule has 4 heterocycles. The Labute approximate surface area is 315 Å². The van der Waals surface area contributed by atoms with E-state index >= 15 is 0 Å². The van der Waals surface area contributed by atoms with Crippen LogP contribution < -0.4 is 0 Å². The van der Waals surface area contributed by atoms with E-state index in [1.807, 2.05) is 18.2 Å².